The number of ether oxygens (including phenoxy) is 1. The highest BCUT2D eigenvalue weighted by atomic mass is 32.2. The molecular weight excluding hydrogens is 472 g/mol. The zero-order chi connectivity index (χ0) is 25.6. The van der Waals surface area contributed by atoms with Gasteiger partial charge < -0.3 is 25.3 Å². The second-order valence-electron chi connectivity index (χ2n) is 8.37. The van der Waals surface area contributed by atoms with Crippen molar-refractivity contribution < 1.29 is 17.9 Å². The number of aromatic nitrogens is 1. The Bertz CT molecular complexity index is 1210. The second kappa shape index (κ2) is 11.4. The number of aryl methyl sites for hydroxylation is 1. The molecule has 1 fully saturated rings. The monoisotopic (exact) mass is 504 g/mol. The molecule has 1 aliphatic heterocycles. The predicted molar refractivity (Wildman–Crippen MR) is 133 cm³/mol. The number of hydrogen-bond acceptors (Lipinski definition) is 6. The first-order chi connectivity index (χ1) is 16.6. The van der Waals surface area contributed by atoms with Gasteiger partial charge in [-0.15, -0.1) is 0 Å². The number of likely N-dealkylation sites (tertiary alicyclic amines) is 1. The van der Waals surface area contributed by atoms with E-state index in [9.17, 15) is 18.0 Å². The van der Waals surface area contributed by atoms with Crippen LogP contribution in [-0.2, 0) is 31.9 Å². The Hall–Kier alpha value is -3.38. The molecule has 5 N–H and O–H groups in total. The van der Waals surface area contributed by atoms with Gasteiger partial charge in [0.1, 0.15) is 12.2 Å². The smallest absolute Gasteiger partial charge is 0.275 e. The third-order valence-electron chi connectivity index (χ3n) is 5.72. The molecule has 0 spiro atoms. The highest BCUT2D eigenvalue weighted by Gasteiger charge is 2.34. The molecule has 0 bridgehead atoms. The van der Waals surface area contributed by atoms with E-state index in [1.54, 1.807) is 48.2 Å². The van der Waals surface area contributed by atoms with E-state index in [4.69, 9.17) is 15.9 Å². The number of nitrogens with zero attached hydrogens (tertiary/aromatic N) is 2. The van der Waals surface area contributed by atoms with Crippen molar-refractivity contribution in [2.24, 2.45) is 5.73 Å². The fourth-order valence-corrected chi connectivity index (χ4v) is 5.28. The number of nitrogens with one attached hydrogen (secondary N) is 3. The van der Waals surface area contributed by atoms with Gasteiger partial charge in [0.05, 0.1) is 11.8 Å². The zero-order valence-corrected chi connectivity index (χ0v) is 20.7. The number of benzene rings is 1. The van der Waals surface area contributed by atoms with Crippen molar-refractivity contribution in [3.63, 3.8) is 0 Å². The molecule has 0 radical (unpaired) electrons. The highest BCUT2D eigenvalue weighted by Crippen LogP contribution is 2.19. The van der Waals surface area contributed by atoms with Crippen molar-refractivity contribution in [1.82, 2.24) is 14.8 Å². The topological polar surface area (TPSA) is 160 Å². The first kappa shape index (κ1) is 26.2. The number of anilines is 1. The Morgan fingerprint density at radius 2 is 1.94 bits per heavy atom. The summed E-state index contributed by atoms with van der Waals surface area (Å²) in [5, 5.41) is 10.7. The second-order valence-corrected chi connectivity index (χ2v) is 10.1. The zero-order valence-electron chi connectivity index (χ0n) is 19.9. The summed E-state index contributed by atoms with van der Waals surface area (Å²) < 4.78 is 34.5. The van der Waals surface area contributed by atoms with Crippen LogP contribution in [0.3, 0.4) is 0 Å². The van der Waals surface area contributed by atoms with Gasteiger partial charge in [0.15, 0.2) is 12.2 Å². The Morgan fingerprint density at radius 3 is 2.60 bits per heavy atom. The molecule has 0 saturated carbocycles. The lowest BCUT2D eigenvalue weighted by Gasteiger charge is -2.41. The first-order valence-corrected chi connectivity index (χ1v) is 13.0. The van der Waals surface area contributed by atoms with Gasteiger partial charge >= 0.3 is 0 Å². The molecule has 2 aromatic rings. The average molecular weight is 505 g/mol. The van der Waals surface area contributed by atoms with E-state index >= 15 is 0 Å². The average Bonchev–Trinajstić information content (AvgIpc) is 2.80. The summed E-state index contributed by atoms with van der Waals surface area (Å²) in [4.78, 5) is 27.5. The van der Waals surface area contributed by atoms with Crippen molar-refractivity contribution in [1.29, 1.82) is 5.41 Å². The maximum Gasteiger partial charge on any atom is 0.275 e. The molecule has 11 nitrogen and oxygen atoms in total. The van der Waals surface area contributed by atoms with E-state index in [2.05, 4.69) is 10.0 Å². The summed E-state index contributed by atoms with van der Waals surface area (Å²) in [5.41, 5.74) is 6.02. The number of hydrogen-bond donors (Lipinski definition) is 4. The minimum atomic E-state index is -3.84. The molecule has 2 unspecified atom stereocenters. The number of sulfonamides is 1. The SMILES string of the molecule is CCOC1C(NC(=O)Cn2c(C)ccc(NS(=O)(=O)Cc3ccccc3)c2=O)CCCN1C(=N)N. The largest absolute Gasteiger partial charge is 0.370 e. The Labute approximate surface area is 204 Å². The van der Waals surface area contributed by atoms with Crippen LogP contribution in [0.25, 0.3) is 0 Å². The summed E-state index contributed by atoms with van der Waals surface area (Å²) in [5.74, 6) is -0.848. The van der Waals surface area contributed by atoms with Crippen LogP contribution >= 0.6 is 0 Å². The summed E-state index contributed by atoms with van der Waals surface area (Å²) in [7, 11) is -3.84. The van der Waals surface area contributed by atoms with Gasteiger partial charge in [-0.2, -0.15) is 0 Å². The van der Waals surface area contributed by atoms with Crippen molar-refractivity contribution in [3.8, 4) is 0 Å². The van der Waals surface area contributed by atoms with E-state index in [-0.39, 0.29) is 23.9 Å². The number of piperidine rings is 1. The fraction of sp³-hybridized carbons (Fsp3) is 0.435. The molecule has 35 heavy (non-hydrogen) atoms. The van der Waals surface area contributed by atoms with Gasteiger partial charge in [0.2, 0.25) is 15.9 Å². The summed E-state index contributed by atoms with van der Waals surface area (Å²) >= 11 is 0. The minimum Gasteiger partial charge on any atom is -0.370 e. The number of amides is 1. The van der Waals surface area contributed by atoms with Crippen LogP contribution in [-0.4, -0.2) is 55.2 Å². The third-order valence-corrected chi connectivity index (χ3v) is 6.96. The Kier molecular flexibility index (Phi) is 8.52. The predicted octanol–water partition coefficient (Wildman–Crippen LogP) is 0.935. The molecule has 190 valence electrons. The molecule has 1 aromatic heterocycles. The van der Waals surface area contributed by atoms with Gasteiger partial charge in [0, 0.05) is 18.8 Å². The van der Waals surface area contributed by atoms with Crippen LogP contribution in [0.4, 0.5) is 5.69 Å². The van der Waals surface area contributed by atoms with Crippen molar-refractivity contribution in [2.75, 3.05) is 17.9 Å². The van der Waals surface area contributed by atoms with E-state index in [1.807, 2.05) is 6.92 Å². The van der Waals surface area contributed by atoms with Gasteiger partial charge in [-0.3, -0.25) is 19.7 Å². The quantitative estimate of drug-likeness (QED) is 0.292. The van der Waals surface area contributed by atoms with Crippen molar-refractivity contribution in [2.45, 2.75) is 51.3 Å². The summed E-state index contributed by atoms with van der Waals surface area (Å²) in [6.07, 6.45) is 0.767. The van der Waals surface area contributed by atoms with Crippen LogP contribution in [0.2, 0.25) is 0 Å². The molecule has 3 rings (SSSR count). The molecule has 0 aliphatic carbocycles. The lowest BCUT2D eigenvalue weighted by atomic mass is 10.0. The number of pyridine rings is 1. The van der Waals surface area contributed by atoms with E-state index in [0.29, 0.717) is 37.3 Å². The molecular formula is C23H32N6O5S. The number of rotatable bonds is 9. The van der Waals surface area contributed by atoms with E-state index in [1.165, 1.54) is 10.6 Å². The number of carbonyl (C=O) groups excluding carboxylic acids is 1. The van der Waals surface area contributed by atoms with Gasteiger partial charge in [-0.1, -0.05) is 30.3 Å². The van der Waals surface area contributed by atoms with Crippen LogP contribution in [0.5, 0.6) is 0 Å². The van der Waals surface area contributed by atoms with Gasteiger partial charge in [0.25, 0.3) is 5.56 Å². The van der Waals surface area contributed by atoms with Crippen LogP contribution in [0.15, 0.2) is 47.3 Å². The molecule has 1 saturated heterocycles. The lowest BCUT2D eigenvalue weighted by molar-refractivity contribution is -0.126. The van der Waals surface area contributed by atoms with Gasteiger partial charge in [-0.05, 0) is 44.4 Å². The van der Waals surface area contributed by atoms with Crippen LogP contribution in [0.1, 0.15) is 31.0 Å². The molecule has 2 heterocycles. The number of nitrogens with two attached hydrogens (primary N) is 1. The van der Waals surface area contributed by atoms with Crippen LogP contribution < -0.4 is 21.3 Å². The standard InChI is InChI=1S/C23H32N6O5S/c1-3-34-22-19(10-7-13-28(22)23(24)25)26-20(30)14-29-16(2)11-12-18(21(29)31)27-35(32,33)15-17-8-5-4-6-9-17/h4-6,8-9,11-12,19,22,27H,3,7,10,13-15H2,1-2H3,(H3,24,25)(H,26,30). The minimum absolute atomic E-state index is 0.132. The van der Waals surface area contributed by atoms with Crippen LogP contribution in [0, 0.1) is 12.3 Å². The first-order valence-electron chi connectivity index (χ1n) is 11.4. The number of carbonyl (C=O) groups is 1. The van der Waals surface area contributed by atoms with Crippen molar-refractivity contribution >= 4 is 27.6 Å². The molecule has 1 aromatic carbocycles. The maximum atomic E-state index is 13.0. The highest BCUT2D eigenvalue weighted by molar-refractivity contribution is 7.91. The van der Waals surface area contributed by atoms with E-state index < -0.39 is 33.8 Å². The normalized spacial score (nSPS) is 18.2. The Morgan fingerprint density at radius 1 is 1.23 bits per heavy atom. The molecule has 1 aliphatic rings. The Balaban J connectivity index is 1.74. The van der Waals surface area contributed by atoms with Gasteiger partial charge in [-0.25, -0.2) is 8.42 Å². The summed E-state index contributed by atoms with van der Waals surface area (Å²) in [6, 6.07) is 11.2. The summed E-state index contributed by atoms with van der Waals surface area (Å²) in [6.45, 7) is 4.12. The third kappa shape index (κ3) is 6.83. The molecule has 1 amide bonds. The lowest BCUT2D eigenvalue weighted by Crippen LogP contribution is -2.60. The van der Waals surface area contributed by atoms with E-state index in [0.717, 1.165) is 0 Å². The van der Waals surface area contributed by atoms with Crippen molar-refractivity contribution in [3.05, 3.63) is 64.1 Å². The molecule has 2 atom stereocenters. The number of guanidine groups is 1. The fourth-order valence-electron chi connectivity index (χ4n) is 4.08. The molecule has 12 heteroatoms. The maximum absolute atomic E-state index is 13.0.